The van der Waals surface area contributed by atoms with Crippen molar-refractivity contribution in [2.45, 2.75) is 27.4 Å². The minimum atomic E-state index is -0.470. The zero-order chi connectivity index (χ0) is 20.0. The maximum Gasteiger partial charge on any atom is 0.274 e. The van der Waals surface area contributed by atoms with E-state index in [1.807, 2.05) is 0 Å². The van der Waals surface area contributed by atoms with Crippen molar-refractivity contribution in [3.8, 4) is 5.75 Å². The third-order valence-electron chi connectivity index (χ3n) is 4.00. The number of carbonyl (C=O) groups is 1. The number of rotatable bonds is 8. The monoisotopic (exact) mass is 372 g/mol. The van der Waals surface area contributed by atoms with E-state index in [0.29, 0.717) is 41.7 Å². The lowest BCUT2D eigenvalue weighted by Gasteiger charge is -2.13. The first-order valence-corrected chi connectivity index (χ1v) is 8.63. The second kappa shape index (κ2) is 9.14. The number of ether oxygens (including phenoxy) is 2. The van der Waals surface area contributed by atoms with Gasteiger partial charge in [0.1, 0.15) is 5.75 Å². The van der Waals surface area contributed by atoms with Gasteiger partial charge in [-0.1, -0.05) is 19.9 Å². The number of nitrogens with one attached hydrogen (secondary N) is 1. The number of nitro groups is 1. The van der Waals surface area contributed by atoms with Crippen molar-refractivity contribution in [3.63, 3.8) is 0 Å². The summed E-state index contributed by atoms with van der Waals surface area (Å²) in [4.78, 5) is 23.2. The van der Waals surface area contributed by atoms with Crippen LogP contribution in [0.5, 0.6) is 5.75 Å². The number of hydrogen-bond acceptors (Lipinski definition) is 5. The molecule has 0 atom stereocenters. The van der Waals surface area contributed by atoms with Crippen LogP contribution in [0.15, 0.2) is 36.4 Å². The van der Waals surface area contributed by atoms with E-state index in [1.165, 1.54) is 6.07 Å². The molecule has 0 heterocycles. The van der Waals surface area contributed by atoms with Gasteiger partial charge in [-0.15, -0.1) is 0 Å². The molecule has 2 rings (SSSR count). The SMILES string of the molecule is COc1ccc(C(=O)Nc2cccc([N+](=O)[O-])c2C)cc1COCC(C)C. The summed E-state index contributed by atoms with van der Waals surface area (Å²) < 4.78 is 11.0. The van der Waals surface area contributed by atoms with Gasteiger partial charge in [-0.3, -0.25) is 14.9 Å². The van der Waals surface area contributed by atoms with Crippen molar-refractivity contribution >= 4 is 17.3 Å². The Morgan fingerprint density at radius 1 is 1.26 bits per heavy atom. The summed E-state index contributed by atoms with van der Waals surface area (Å²) in [5.41, 5.74) is 1.96. The van der Waals surface area contributed by atoms with Crippen LogP contribution in [0.2, 0.25) is 0 Å². The molecule has 27 heavy (non-hydrogen) atoms. The molecule has 1 N–H and O–H groups in total. The van der Waals surface area contributed by atoms with E-state index in [9.17, 15) is 14.9 Å². The second-order valence-electron chi connectivity index (χ2n) is 6.60. The van der Waals surface area contributed by atoms with Crippen molar-refractivity contribution in [2.24, 2.45) is 5.92 Å². The van der Waals surface area contributed by atoms with Gasteiger partial charge in [0.25, 0.3) is 11.6 Å². The normalized spacial score (nSPS) is 10.7. The summed E-state index contributed by atoms with van der Waals surface area (Å²) in [5.74, 6) is 0.688. The Kier molecular flexibility index (Phi) is 6.90. The van der Waals surface area contributed by atoms with E-state index in [1.54, 1.807) is 44.4 Å². The molecule has 0 aliphatic carbocycles. The quantitative estimate of drug-likeness (QED) is 0.550. The van der Waals surface area contributed by atoms with Crippen LogP contribution in [0.25, 0.3) is 0 Å². The number of carbonyl (C=O) groups excluding carboxylic acids is 1. The standard InChI is InChI=1S/C20H24N2O5/c1-13(2)11-27-12-16-10-15(8-9-19(16)26-4)20(23)21-17-6-5-7-18(14(17)3)22(24)25/h5-10,13H,11-12H2,1-4H3,(H,21,23). The van der Waals surface area contributed by atoms with Crippen LogP contribution >= 0.6 is 0 Å². The molecule has 0 fully saturated rings. The molecule has 0 aliphatic heterocycles. The molecule has 0 saturated heterocycles. The highest BCUT2D eigenvalue weighted by Gasteiger charge is 2.16. The molecule has 2 aromatic carbocycles. The Hall–Kier alpha value is -2.93. The molecule has 0 aliphatic rings. The minimum Gasteiger partial charge on any atom is -0.496 e. The molecule has 0 radical (unpaired) electrons. The Bertz CT molecular complexity index is 833. The predicted molar refractivity (Wildman–Crippen MR) is 103 cm³/mol. The highest BCUT2D eigenvalue weighted by Crippen LogP contribution is 2.26. The van der Waals surface area contributed by atoms with Crippen molar-refractivity contribution in [1.82, 2.24) is 0 Å². The Morgan fingerprint density at radius 3 is 2.63 bits per heavy atom. The lowest BCUT2D eigenvalue weighted by molar-refractivity contribution is -0.385. The second-order valence-corrected chi connectivity index (χ2v) is 6.60. The average Bonchev–Trinajstić information content (AvgIpc) is 2.62. The number of nitro benzene ring substituents is 1. The van der Waals surface area contributed by atoms with Crippen molar-refractivity contribution in [2.75, 3.05) is 19.0 Å². The van der Waals surface area contributed by atoms with Gasteiger partial charge >= 0.3 is 0 Å². The summed E-state index contributed by atoms with van der Waals surface area (Å²) >= 11 is 0. The Morgan fingerprint density at radius 2 is 2.00 bits per heavy atom. The van der Waals surface area contributed by atoms with E-state index in [-0.39, 0.29) is 11.6 Å². The zero-order valence-electron chi connectivity index (χ0n) is 15.9. The summed E-state index contributed by atoms with van der Waals surface area (Å²) in [5, 5.41) is 13.8. The summed E-state index contributed by atoms with van der Waals surface area (Å²) in [6, 6.07) is 9.65. The lowest BCUT2D eigenvalue weighted by atomic mass is 10.1. The van der Waals surface area contributed by atoms with Crippen LogP contribution in [-0.2, 0) is 11.3 Å². The minimum absolute atomic E-state index is 0.0368. The molecule has 144 valence electrons. The first-order valence-electron chi connectivity index (χ1n) is 8.63. The van der Waals surface area contributed by atoms with Gasteiger partial charge in [0, 0.05) is 23.8 Å². The number of nitrogens with zero attached hydrogens (tertiary/aromatic N) is 1. The van der Waals surface area contributed by atoms with Crippen molar-refractivity contribution in [3.05, 3.63) is 63.2 Å². The van der Waals surface area contributed by atoms with Gasteiger partial charge in [-0.05, 0) is 37.1 Å². The molecular formula is C20H24N2O5. The largest absolute Gasteiger partial charge is 0.496 e. The van der Waals surface area contributed by atoms with Gasteiger partial charge in [-0.25, -0.2) is 0 Å². The molecule has 0 spiro atoms. The number of anilines is 1. The van der Waals surface area contributed by atoms with E-state index >= 15 is 0 Å². The lowest BCUT2D eigenvalue weighted by Crippen LogP contribution is -2.14. The van der Waals surface area contributed by atoms with E-state index in [0.717, 1.165) is 5.56 Å². The number of hydrogen-bond donors (Lipinski definition) is 1. The fourth-order valence-electron chi connectivity index (χ4n) is 2.59. The summed E-state index contributed by atoms with van der Waals surface area (Å²) in [6.07, 6.45) is 0. The van der Waals surface area contributed by atoms with Gasteiger partial charge in [0.15, 0.2) is 0 Å². The summed E-state index contributed by atoms with van der Waals surface area (Å²) in [6.45, 7) is 6.66. The number of amides is 1. The van der Waals surface area contributed by atoms with Gasteiger partial charge in [0.2, 0.25) is 0 Å². The van der Waals surface area contributed by atoms with Crippen LogP contribution in [0.1, 0.15) is 35.3 Å². The maximum atomic E-state index is 12.6. The maximum absolute atomic E-state index is 12.6. The van der Waals surface area contributed by atoms with Gasteiger partial charge < -0.3 is 14.8 Å². The highest BCUT2D eigenvalue weighted by atomic mass is 16.6. The van der Waals surface area contributed by atoms with Crippen LogP contribution in [0.4, 0.5) is 11.4 Å². The molecule has 0 saturated carbocycles. The van der Waals surface area contributed by atoms with E-state index in [4.69, 9.17) is 9.47 Å². The number of methoxy groups -OCH3 is 1. The Labute approximate surface area is 158 Å². The third kappa shape index (κ3) is 5.27. The topological polar surface area (TPSA) is 90.7 Å². The summed E-state index contributed by atoms with van der Waals surface area (Å²) in [7, 11) is 1.56. The first kappa shape index (κ1) is 20.4. The molecule has 0 unspecified atom stereocenters. The van der Waals surface area contributed by atoms with E-state index in [2.05, 4.69) is 19.2 Å². The smallest absolute Gasteiger partial charge is 0.274 e. The first-order chi connectivity index (χ1) is 12.8. The fourth-order valence-corrected chi connectivity index (χ4v) is 2.59. The fraction of sp³-hybridized carbons (Fsp3) is 0.350. The van der Waals surface area contributed by atoms with Crippen molar-refractivity contribution in [1.29, 1.82) is 0 Å². The molecule has 0 bridgehead atoms. The predicted octanol–water partition coefficient (Wildman–Crippen LogP) is 4.34. The van der Waals surface area contributed by atoms with Crippen LogP contribution < -0.4 is 10.1 Å². The highest BCUT2D eigenvalue weighted by molar-refractivity contribution is 6.05. The van der Waals surface area contributed by atoms with E-state index < -0.39 is 4.92 Å². The third-order valence-corrected chi connectivity index (χ3v) is 4.00. The molecule has 2 aromatic rings. The average molecular weight is 372 g/mol. The van der Waals surface area contributed by atoms with Crippen LogP contribution in [-0.4, -0.2) is 24.5 Å². The molecule has 7 heteroatoms. The number of benzene rings is 2. The molecule has 1 amide bonds. The zero-order valence-corrected chi connectivity index (χ0v) is 15.9. The molecular weight excluding hydrogens is 348 g/mol. The van der Waals surface area contributed by atoms with Gasteiger partial charge in [0.05, 0.1) is 29.9 Å². The van der Waals surface area contributed by atoms with Crippen LogP contribution in [0.3, 0.4) is 0 Å². The van der Waals surface area contributed by atoms with Crippen molar-refractivity contribution < 1.29 is 19.2 Å². The van der Waals surface area contributed by atoms with Crippen LogP contribution in [0, 0.1) is 23.0 Å². The van der Waals surface area contributed by atoms with Gasteiger partial charge in [-0.2, -0.15) is 0 Å². The molecule has 0 aromatic heterocycles. The Balaban J connectivity index is 2.21. The molecule has 7 nitrogen and oxygen atoms in total.